The summed E-state index contributed by atoms with van der Waals surface area (Å²) in [4.78, 5) is 0. The molecule has 1 unspecified atom stereocenters. The van der Waals surface area contributed by atoms with E-state index in [4.69, 9.17) is 0 Å². The normalized spacial score (nSPS) is 13.8. The summed E-state index contributed by atoms with van der Waals surface area (Å²) in [6.45, 7) is 4.60. The lowest BCUT2D eigenvalue weighted by Crippen LogP contribution is -2.33. The molecule has 0 aliphatic carbocycles. The van der Waals surface area contributed by atoms with Crippen molar-refractivity contribution in [1.29, 1.82) is 0 Å². The van der Waals surface area contributed by atoms with Crippen LogP contribution in [0, 0.1) is 5.92 Å². The summed E-state index contributed by atoms with van der Waals surface area (Å²) < 4.78 is 37.1. The fourth-order valence-corrected chi connectivity index (χ4v) is 1.87. The number of nitrogens with one attached hydrogen (secondary N) is 1. The monoisotopic (exact) mass is 275 g/mol. The fraction of sp³-hybridized carbons (Fsp3) is 0.571. The third kappa shape index (κ3) is 5.61. The van der Waals surface area contributed by atoms with Crippen LogP contribution in [0.3, 0.4) is 0 Å². The first-order valence-electron chi connectivity index (χ1n) is 6.33. The quantitative estimate of drug-likeness (QED) is 0.835. The standard InChI is InChI=1S/C14H20F3NO/c1-10(2)7-13(9-19)18-8-11-3-5-12(6-4-11)14(15,16)17/h3-6,10,13,18-19H,7-9H2,1-2H3. The minimum absolute atomic E-state index is 0.0257. The second kappa shape index (κ2) is 6.91. The largest absolute Gasteiger partial charge is 0.416 e. The van der Waals surface area contributed by atoms with E-state index in [1.54, 1.807) is 0 Å². The number of halogens is 3. The van der Waals surface area contributed by atoms with E-state index in [0.29, 0.717) is 12.5 Å². The minimum atomic E-state index is -4.29. The Balaban J connectivity index is 2.54. The number of aliphatic hydroxyl groups excluding tert-OH is 1. The van der Waals surface area contributed by atoms with Gasteiger partial charge in [0, 0.05) is 12.6 Å². The molecule has 0 amide bonds. The van der Waals surface area contributed by atoms with Crippen molar-refractivity contribution in [2.45, 2.75) is 39.0 Å². The number of alkyl halides is 3. The van der Waals surface area contributed by atoms with Gasteiger partial charge in [-0.3, -0.25) is 0 Å². The van der Waals surface area contributed by atoms with Crippen LogP contribution in [0.4, 0.5) is 13.2 Å². The second-order valence-electron chi connectivity index (χ2n) is 5.08. The van der Waals surface area contributed by atoms with Crippen LogP contribution in [0.2, 0.25) is 0 Å². The van der Waals surface area contributed by atoms with Crippen molar-refractivity contribution in [3.8, 4) is 0 Å². The number of benzene rings is 1. The van der Waals surface area contributed by atoms with Crippen LogP contribution in [0.25, 0.3) is 0 Å². The van der Waals surface area contributed by atoms with Crippen molar-refractivity contribution >= 4 is 0 Å². The Morgan fingerprint density at radius 2 is 1.74 bits per heavy atom. The van der Waals surface area contributed by atoms with E-state index >= 15 is 0 Å². The predicted octanol–water partition coefficient (Wildman–Crippen LogP) is 3.20. The summed E-state index contributed by atoms with van der Waals surface area (Å²) in [6.07, 6.45) is -3.46. The Morgan fingerprint density at radius 3 is 2.16 bits per heavy atom. The molecule has 1 atom stereocenters. The SMILES string of the molecule is CC(C)CC(CO)NCc1ccc(C(F)(F)F)cc1. The van der Waals surface area contributed by atoms with E-state index in [9.17, 15) is 18.3 Å². The van der Waals surface area contributed by atoms with Crippen molar-refractivity contribution in [2.24, 2.45) is 5.92 Å². The molecular formula is C14H20F3NO. The minimum Gasteiger partial charge on any atom is -0.395 e. The number of rotatable bonds is 6. The van der Waals surface area contributed by atoms with Gasteiger partial charge in [-0.2, -0.15) is 13.2 Å². The Labute approximate surface area is 111 Å². The van der Waals surface area contributed by atoms with Crippen LogP contribution in [0.5, 0.6) is 0 Å². The Bertz CT molecular complexity index is 373. The zero-order valence-corrected chi connectivity index (χ0v) is 11.2. The van der Waals surface area contributed by atoms with Crippen LogP contribution >= 0.6 is 0 Å². The summed E-state index contributed by atoms with van der Waals surface area (Å²) >= 11 is 0. The average molecular weight is 275 g/mol. The van der Waals surface area contributed by atoms with Gasteiger partial charge >= 0.3 is 6.18 Å². The van der Waals surface area contributed by atoms with Gasteiger partial charge in [0.1, 0.15) is 0 Å². The molecule has 1 rings (SSSR count). The lowest BCUT2D eigenvalue weighted by atomic mass is 10.0. The highest BCUT2D eigenvalue weighted by molar-refractivity contribution is 5.24. The summed E-state index contributed by atoms with van der Waals surface area (Å²) in [6, 6.07) is 5.04. The molecule has 2 nitrogen and oxygen atoms in total. The molecule has 0 radical (unpaired) electrons. The molecule has 0 spiro atoms. The zero-order valence-electron chi connectivity index (χ0n) is 11.2. The summed E-state index contributed by atoms with van der Waals surface area (Å²) in [5, 5.41) is 12.3. The number of hydrogen-bond acceptors (Lipinski definition) is 2. The molecule has 0 aromatic heterocycles. The van der Waals surface area contributed by atoms with Crippen LogP contribution in [-0.4, -0.2) is 17.8 Å². The Hall–Kier alpha value is -1.07. The predicted molar refractivity (Wildman–Crippen MR) is 68.6 cm³/mol. The highest BCUT2D eigenvalue weighted by Gasteiger charge is 2.29. The molecule has 0 heterocycles. The van der Waals surface area contributed by atoms with Crippen LogP contribution < -0.4 is 5.32 Å². The Morgan fingerprint density at radius 1 is 1.16 bits per heavy atom. The van der Waals surface area contributed by atoms with Crippen LogP contribution in [0.1, 0.15) is 31.4 Å². The third-order valence-electron chi connectivity index (χ3n) is 2.85. The van der Waals surface area contributed by atoms with Gasteiger partial charge < -0.3 is 10.4 Å². The highest BCUT2D eigenvalue weighted by atomic mass is 19.4. The van der Waals surface area contributed by atoms with Gasteiger partial charge in [0.05, 0.1) is 12.2 Å². The molecular weight excluding hydrogens is 255 g/mol. The fourth-order valence-electron chi connectivity index (χ4n) is 1.87. The van der Waals surface area contributed by atoms with Crippen molar-refractivity contribution in [3.63, 3.8) is 0 Å². The molecule has 2 N–H and O–H groups in total. The molecule has 0 saturated heterocycles. The summed E-state index contributed by atoms with van der Waals surface area (Å²) in [5.41, 5.74) is 0.132. The van der Waals surface area contributed by atoms with E-state index in [-0.39, 0.29) is 12.6 Å². The van der Waals surface area contributed by atoms with Gasteiger partial charge in [0.15, 0.2) is 0 Å². The molecule has 108 valence electrons. The lowest BCUT2D eigenvalue weighted by molar-refractivity contribution is -0.137. The second-order valence-corrected chi connectivity index (χ2v) is 5.08. The number of aliphatic hydroxyl groups is 1. The first kappa shape index (κ1) is 16.0. The van der Waals surface area contributed by atoms with Gasteiger partial charge in [-0.05, 0) is 30.0 Å². The van der Waals surface area contributed by atoms with Crippen molar-refractivity contribution in [1.82, 2.24) is 5.32 Å². The molecule has 19 heavy (non-hydrogen) atoms. The maximum atomic E-state index is 12.4. The van der Waals surface area contributed by atoms with E-state index in [2.05, 4.69) is 19.2 Å². The first-order chi connectivity index (χ1) is 8.82. The highest BCUT2D eigenvalue weighted by Crippen LogP contribution is 2.29. The van der Waals surface area contributed by atoms with E-state index in [0.717, 1.165) is 24.1 Å². The lowest BCUT2D eigenvalue weighted by Gasteiger charge is -2.18. The van der Waals surface area contributed by atoms with E-state index in [1.165, 1.54) is 12.1 Å². The van der Waals surface area contributed by atoms with Gasteiger partial charge in [-0.25, -0.2) is 0 Å². The van der Waals surface area contributed by atoms with Crippen LogP contribution in [0.15, 0.2) is 24.3 Å². The van der Waals surface area contributed by atoms with Crippen molar-refractivity contribution in [3.05, 3.63) is 35.4 Å². The zero-order chi connectivity index (χ0) is 14.5. The molecule has 1 aromatic rings. The van der Waals surface area contributed by atoms with Gasteiger partial charge in [0.2, 0.25) is 0 Å². The molecule has 1 aromatic carbocycles. The van der Waals surface area contributed by atoms with E-state index in [1.807, 2.05) is 0 Å². The van der Waals surface area contributed by atoms with Gasteiger partial charge in [0.25, 0.3) is 0 Å². The molecule has 0 bridgehead atoms. The number of hydrogen-bond donors (Lipinski definition) is 2. The van der Waals surface area contributed by atoms with Crippen molar-refractivity contribution in [2.75, 3.05) is 6.61 Å². The maximum absolute atomic E-state index is 12.4. The summed E-state index contributed by atoms with van der Waals surface area (Å²) in [7, 11) is 0. The molecule has 0 aliphatic heterocycles. The van der Waals surface area contributed by atoms with E-state index < -0.39 is 11.7 Å². The molecule has 5 heteroatoms. The Kier molecular flexibility index (Phi) is 5.82. The maximum Gasteiger partial charge on any atom is 0.416 e. The first-order valence-corrected chi connectivity index (χ1v) is 6.33. The molecule has 0 saturated carbocycles. The molecule has 0 aliphatic rings. The van der Waals surface area contributed by atoms with Crippen LogP contribution in [-0.2, 0) is 12.7 Å². The van der Waals surface area contributed by atoms with Gasteiger partial charge in [-0.1, -0.05) is 26.0 Å². The summed E-state index contributed by atoms with van der Waals surface area (Å²) in [5.74, 6) is 0.456. The van der Waals surface area contributed by atoms with Gasteiger partial charge in [-0.15, -0.1) is 0 Å². The van der Waals surface area contributed by atoms with Crippen molar-refractivity contribution < 1.29 is 18.3 Å². The smallest absolute Gasteiger partial charge is 0.395 e. The topological polar surface area (TPSA) is 32.3 Å². The average Bonchev–Trinajstić information content (AvgIpc) is 2.33. The third-order valence-corrected chi connectivity index (χ3v) is 2.85. The molecule has 0 fully saturated rings.